The number of aliphatic hydroxyl groups excluding tert-OH is 1. The largest absolute Gasteiger partial charge is 0.393 e. The van der Waals surface area contributed by atoms with Gasteiger partial charge in [0.15, 0.2) is 0 Å². The van der Waals surface area contributed by atoms with Crippen LogP contribution in [0.25, 0.3) is 0 Å². The first kappa shape index (κ1) is 15.3. The Bertz CT molecular complexity index is 406. The zero-order chi connectivity index (χ0) is 14.5. The van der Waals surface area contributed by atoms with Crippen molar-refractivity contribution in [2.75, 3.05) is 18.5 Å². The molecule has 0 aromatic heterocycles. The molecule has 2 rings (SSSR count). The summed E-state index contributed by atoms with van der Waals surface area (Å²) in [7, 11) is 2.02. The Labute approximate surface area is 121 Å². The van der Waals surface area contributed by atoms with Crippen LogP contribution in [-0.4, -0.2) is 24.8 Å². The Morgan fingerprint density at radius 1 is 1.25 bits per heavy atom. The Balaban J connectivity index is 1.94. The highest BCUT2D eigenvalue weighted by molar-refractivity contribution is 5.45. The summed E-state index contributed by atoms with van der Waals surface area (Å²) in [5.41, 5.74) is 1.01. The molecule has 0 amide bonds. The van der Waals surface area contributed by atoms with E-state index >= 15 is 0 Å². The summed E-state index contributed by atoms with van der Waals surface area (Å²) in [4.78, 5) is 2.13. The van der Waals surface area contributed by atoms with Crippen LogP contribution >= 0.6 is 0 Å². The van der Waals surface area contributed by atoms with Crippen LogP contribution in [0, 0.1) is 17.7 Å². The molecule has 2 nitrogen and oxygen atoms in total. The Morgan fingerprint density at radius 2 is 1.95 bits per heavy atom. The molecular weight excluding hydrogens is 253 g/mol. The van der Waals surface area contributed by atoms with E-state index in [-0.39, 0.29) is 11.9 Å². The molecule has 0 saturated heterocycles. The molecule has 3 atom stereocenters. The van der Waals surface area contributed by atoms with Crippen LogP contribution in [0.3, 0.4) is 0 Å². The smallest absolute Gasteiger partial charge is 0.123 e. The van der Waals surface area contributed by atoms with Crippen LogP contribution < -0.4 is 4.90 Å². The molecule has 1 N–H and O–H groups in total. The summed E-state index contributed by atoms with van der Waals surface area (Å²) in [6.45, 7) is 3.07. The monoisotopic (exact) mass is 279 g/mol. The summed E-state index contributed by atoms with van der Waals surface area (Å²) in [5.74, 6) is 0.883. The molecule has 0 radical (unpaired) electrons. The number of rotatable bonds is 5. The third kappa shape index (κ3) is 3.95. The van der Waals surface area contributed by atoms with Crippen molar-refractivity contribution in [3.8, 4) is 0 Å². The van der Waals surface area contributed by atoms with Crippen molar-refractivity contribution < 1.29 is 9.50 Å². The van der Waals surface area contributed by atoms with E-state index in [4.69, 9.17) is 0 Å². The van der Waals surface area contributed by atoms with Crippen LogP contribution in [0.2, 0.25) is 0 Å². The molecule has 20 heavy (non-hydrogen) atoms. The third-order valence-electron chi connectivity index (χ3n) is 4.52. The van der Waals surface area contributed by atoms with Crippen LogP contribution in [-0.2, 0) is 0 Å². The van der Waals surface area contributed by atoms with Gasteiger partial charge in [0.25, 0.3) is 0 Å². The van der Waals surface area contributed by atoms with E-state index in [2.05, 4.69) is 11.8 Å². The maximum absolute atomic E-state index is 12.9. The lowest BCUT2D eigenvalue weighted by atomic mass is 9.77. The van der Waals surface area contributed by atoms with Crippen molar-refractivity contribution in [3.63, 3.8) is 0 Å². The van der Waals surface area contributed by atoms with Gasteiger partial charge in [0, 0.05) is 25.2 Å². The number of halogens is 1. The fourth-order valence-electron chi connectivity index (χ4n) is 3.36. The predicted molar refractivity (Wildman–Crippen MR) is 81.4 cm³/mol. The molecule has 1 fully saturated rings. The van der Waals surface area contributed by atoms with Gasteiger partial charge >= 0.3 is 0 Å². The summed E-state index contributed by atoms with van der Waals surface area (Å²) < 4.78 is 12.9. The number of hydrogen-bond acceptors (Lipinski definition) is 2. The lowest BCUT2D eigenvalue weighted by molar-refractivity contribution is 0.0499. The molecule has 1 aromatic rings. The molecule has 1 aliphatic carbocycles. The number of benzene rings is 1. The molecule has 1 saturated carbocycles. The van der Waals surface area contributed by atoms with Crippen LogP contribution in [0.1, 0.15) is 39.0 Å². The molecular formula is C17H26FNO. The van der Waals surface area contributed by atoms with Gasteiger partial charge in [0.05, 0.1) is 6.10 Å². The molecule has 0 aliphatic heterocycles. The quantitative estimate of drug-likeness (QED) is 0.885. The predicted octanol–water partition coefficient (Wildman–Crippen LogP) is 3.84. The van der Waals surface area contributed by atoms with Crippen LogP contribution in [0.4, 0.5) is 10.1 Å². The number of hydrogen-bond donors (Lipinski definition) is 1. The molecule has 0 heterocycles. The van der Waals surface area contributed by atoms with Gasteiger partial charge in [0.1, 0.15) is 5.82 Å². The number of aliphatic hydroxyl groups is 1. The molecule has 1 aromatic carbocycles. The lowest BCUT2D eigenvalue weighted by Crippen LogP contribution is -2.37. The SMILES string of the molecule is CCCC1CCC(O)C(CN(C)c2ccc(F)cc2)C1. The van der Waals surface area contributed by atoms with Crippen LogP contribution in [0.15, 0.2) is 24.3 Å². The van der Waals surface area contributed by atoms with E-state index in [9.17, 15) is 9.50 Å². The summed E-state index contributed by atoms with van der Waals surface area (Å²) >= 11 is 0. The average Bonchev–Trinajstić information content (AvgIpc) is 2.43. The Hall–Kier alpha value is -1.09. The summed E-state index contributed by atoms with van der Waals surface area (Å²) in [6.07, 6.45) is 5.50. The third-order valence-corrected chi connectivity index (χ3v) is 4.52. The number of nitrogens with zero attached hydrogens (tertiary/aromatic N) is 1. The van der Waals surface area contributed by atoms with Gasteiger partial charge in [-0.15, -0.1) is 0 Å². The van der Waals surface area contributed by atoms with Gasteiger partial charge in [-0.25, -0.2) is 4.39 Å². The minimum Gasteiger partial charge on any atom is -0.393 e. The van der Waals surface area contributed by atoms with E-state index in [0.29, 0.717) is 5.92 Å². The maximum Gasteiger partial charge on any atom is 0.123 e. The summed E-state index contributed by atoms with van der Waals surface area (Å²) in [5, 5.41) is 10.2. The Morgan fingerprint density at radius 3 is 2.60 bits per heavy atom. The van der Waals surface area contributed by atoms with Gasteiger partial charge < -0.3 is 10.0 Å². The minimum absolute atomic E-state index is 0.189. The normalized spacial score (nSPS) is 26.5. The van der Waals surface area contributed by atoms with Gasteiger partial charge in [-0.2, -0.15) is 0 Å². The zero-order valence-electron chi connectivity index (χ0n) is 12.6. The van der Waals surface area contributed by atoms with E-state index in [1.54, 1.807) is 12.1 Å². The first-order valence-electron chi connectivity index (χ1n) is 7.75. The van der Waals surface area contributed by atoms with E-state index in [1.165, 1.54) is 25.0 Å². The molecule has 0 bridgehead atoms. The lowest BCUT2D eigenvalue weighted by Gasteiger charge is -2.36. The number of anilines is 1. The van der Waals surface area contributed by atoms with Gasteiger partial charge in [-0.1, -0.05) is 19.8 Å². The Kier molecular flexibility index (Phi) is 5.41. The van der Waals surface area contributed by atoms with Crippen molar-refractivity contribution in [2.24, 2.45) is 11.8 Å². The fourth-order valence-corrected chi connectivity index (χ4v) is 3.36. The second-order valence-corrected chi connectivity index (χ2v) is 6.15. The molecule has 0 spiro atoms. The van der Waals surface area contributed by atoms with Gasteiger partial charge in [-0.3, -0.25) is 0 Å². The summed E-state index contributed by atoms with van der Waals surface area (Å²) in [6, 6.07) is 6.58. The molecule has 3 unspecified atom stereocenters. The highest BCUT2D eigenvalue weighted by Gasteiger charge is 2.29. The molecule has 3 heteroatoms. The maximum atomic E-state index is 12.9. The second-order valence-electron chi connectivity index (χ2n) is 6.15. The standard InChI is InChI=1S/C17H26FNO/c1-3-4-13-5-10-17(20)14(11-13)12-19(2)16-8-6-15(18)7-9-16/h6-9,13-14,17,20H,3-5,10-12H2,1-2H3. The molecule has 1 aliphatic rings. The van der Waals surface area contributed by atoms with Crippen LogP contribution in [0.5, 0.6) is 0 Å². The first-order chi connectivity index (χ1) is 9.60. The zero-order valence-corrected chi connectivity index (χ0v) is 12.6. The first-order valence-corrected chi connectivity index (χ1v) is 7.75. The van der Waals surface area contributed by atoms with Crippen molar-refractivity contribution in [1.82, 2.24) is 0 Å². The topological polar surface area (TPSA) is 23.5 Å². The van der Waals surface area contributed by atoms with Crippen molar-refractivity contribution in [3.05, 3.63) is 30.1 Å². The van der Waals surface area contributed by atoms with Gasteiger partial charge in [-0.05, 0) is 49.4 Å². The van der Waals surface area contributed by atoms with E-state index in [0.717, 1.165) is 37.4 Å². The molecule has 112 valence electrons. The highest BCUT2D eigenvalue weighted by Crippen LogP contribution is 2.33. The van der Waals surface area contributed by atoms with E-state index in [1.807, 2.05) is 7.05 Å². The second kappa shape index (κ2) is 7.07. The fraction of sp³-hybridized carbons (Fsp3) is 0.647. The highest BCUT2D eigenvalue weighted by atomic mass is 19.1. The van der Waals surface area contributed by atoms with Gasteiger partial charge in [0.2, 0.25) is 0 Å². The average molecular weight is 279 g/mol. The minimum atomic E-state index is -0.206. The van der Waals surface area contributed by atoms with Crippen molar-refractivity contribution in [1.29, 1.82) is 0 Å². The van der Waals surface area contributed by atoms with Crippen molar-refractivity contribution >= 4 is 5.69 Å². The van der Waals surface area contributed by atoms with E-state index < -0.39 is 0 Å². The van der Waals surface area contributed by atoms with Crippen molar-refractivity contribution in [2.45, 2.75) is 45.1 Å².